The topological polar surface area (TPSA) is 30.9 Å². The minimum Gasteiger partial charge on any atom is -0.497 e. The third-order valence-electron chi connectivity index (χ3n) is 6.36. The van der Waals surface area contributed by atoms with Crippen molar-refractivity contribution in [2.75, 3.05) is 27.3 Å². The molecule has 4 heteroatoms. The third-order valence-corrected chi connectivity index (χ3v) is 6.36. The van der Waals surface area contributed by atoms with Crippen molar-refractivity contribution in [1.29, 1.82) is 0 Å². The van der Waals surface area contributed by atoms with E-state index in [0.717, 1.165) is 43.2 Å². The Morgan fingerprint density at radius 2 is 2.20 bits per heavy atom. The predicted molar refractivity (Wildman–Crippen MR) is 96.1 cm³/mol. The Bertz CT molecular complexity index is 825. The smallest absolute Gasteiger partial charge is 0.169 e. The normalized spacial score (nSPS) is 31.4. The molecule has 0 radical (unpaired) electrons. The first-order valence-electron chi connectivity index (χ1n) is 8.92. The lowest BCUT2D eigenvalue weighted by Crippen LogP contribution is -2.59. The van der Waals surface area contributed by atoms with E-state index in [1.165, 1.54) is 16.7 Å². The molecule has 1 unspecified atom stereocenters. The van der Waals surface area contributed by atoms with Crippen LogP contribution in [-0.2, 0) is 16.6 Å². The van der Waals surface area contributed by atoms with Gasteiger partial charge in [0.25, 0.3) is 0 Å². The minimum atomic E-state index is -0.111. The first-order valence-corrected chi connectivity index (χ1v) is 8.92. The van der Waals surface area contributed by atoms with E-state index >= 15 is 0 Å². The summed E-state index contributed by atoms with van der Waals surface area (Å²) in [6.07, 6.45) is 8.33. The maximum Gasteiger partial charge on any atom is 0.169 e. The van der Waals surface area contributed by atoms with E-state index in [1.54, 1.807) is 14.2 Å². The molecule has 130 valence electrons. The molecule has 2 aliphatic heterocycles. The highest BCUT2D eigenvalue weighted by Gasteiger charge is 2.62. The Morgan fingerprint density at radius 3 is 2.96 bits per heavy atom. The second-order valence-corrected chi connectivity index (χ2v) is 7.25. The highest BCUT2D eigenvalue weighted by Crippen LogP contribution is 2.62. The molecule has 0 amide bonds. The van der Waals surface area contributed by atoms with Crippen LogP contribution in [0.3, 0.4) is 0 Å². The Balaban J connectivity index is 1.77. The van der Waals surface area contributed by atoms with Crippen molar-refractivity contribution >= 4 is 0 Å². The molecule has 4 aliphatic rings. The van der Waals surface area contributed by atoms with E-state index < -0.39 is 0 Å². The summed E-state index contributed by atoms with van der Waals surface area (Å²) in [7, 11) is 3.45. The standard InChI is InChI=1S/C21H23NO3/c1-4-10-22-11-9-21-14-6-8-17(24-3)20(21)25-19-16(23-2)7-5-13(18(19)21)12-15(14)22/h4-8,15,20H,1,9-12H2,2-3H3/t15-,20+,21?/m0/s1. The van der Waals surface area contributed by atoms with Gasteiger partial charge in [-0.25, -0.2) is 0 Å². The second-order valence-electron chi connectivity index (χ2n) is 7.25. The molecule has 5 rings (SSSR count). The van der Waals surface area contributed by atoms with Gasteiger partial charge in [-0.05, 0) is 36.1 Å². The summed E-state index contributed by atoms with van der Waals surface area (Å²) in [5.41, 5.74) is 4.07. The second kappa shape index (κ2) is 5.15. The Hall–Kier alpha value is -2.20. The average molecular weight is 337 g/mol. The summed E-state index contributed by atoms with van der Waals surface area (Å²) >= 11 is 0. The number of hydrogen-bond donors (Lipinski definition) is 0. The van der Waals surface area contributed by atoms with E-state index in [4.69, 9.17) is 14.2 Å². The van der Waals surface area contributed by atoms with Crippen LogP contribution in [-0.4, -0.2) is 44.4 Å². The van der Waals surface area contributed by atoms with Crippen molar-refractivity contribution in [3.8, 4) is 11.5 Å². The van der Waals surface area contributed by atoms with Crippen LogP contribution >= 0.6 is 0 Å². The number of piperidine rings is 1. The fourth-order valence-corrected chi connectivity index (χ4v) is 5.38. The third kappa shape index (κ3) is 1.70. The van der Waals surface area contributed by atoms with Gasteiger partial charge in [0.1, 0.15) is 5.76 Å². The molecule has 1 aromatic rings. The summed E-state index contributed by atoms with van der Waals surface area (Å²) < 4.78 is 17.8. The van der Waals surface area contributed by atoms with Crippen LogP contribution in [0.4, 0.5) is 0 Å². The maximum absolute atomic E-state index is 6.50. The molecule has 3 atom stereocenters. The summed E-state index contributed by atoms with van der Waals surface area (Å²) in [6.45, 7) is 5.91. The first kappa shape index (κ1) is 15.1. The summed E-state index contributed by atoms with van der Waals surface area (Å²) in [4.78, 5) is 2.54. The van der Waals surface area contributed by atoms with Crippen molar-refractivity contribution in [3.63, 3.8) is 0 Å². The van der Waals surface area contributed by atoms with Gasteiger partial charge in [-0.15, -0.1) is 6.58 Å². The summed E-state index contributed by atoms with van der Waals surface area (Å²) in [5, 5.41) is 0. The highest BCUT2D eigenvalue weighted by atomic mass is 16.6. The van der Waals surface area contributed by atoms with Gasteiger partial charge >= 0.3 is 0 Å². The molecule has 0 N–H and O–H groups in total. The fraction of sp³-hybridized carbons (Fsp3) is 0.429. The molecule has 0 saturated carbocycles. The number of likely N-dealkylation sites (tertiary alicyclic amines) is 1. The van der Waals surface area contributed by atoms with Crippen molar-refractivity contribution < 1.29 is 14.2 Å². The number of ether oxygens (including phenoxy) is 3. The van der Waals surface area contributed by atoms with Gasteiger partial charge in [0.2, 0.25) is 0 Å². The molecule has 1 fully saturated rings. The van der Waals surface area contributed by atoms with Crippen LogP contribution in [0.5, 0.6) is 11.5 Å². The Labute approximate surface area is 148 Å². The van der Waals surface area contributed by atoms with E-state index in [1.807, 2.05) is 12.1 Å². The summed E-state index contributed by atoms with van der Waals surface area (Å²) in [6, 6.07) is 4.66. The van der Waals surface area contributed by atoms with Gasteiger partial charge in [-0.2, -0.15) is 0 Å². The Morgan fingerprint density at radius 1 is 1.32 bits per heavy atom. The molecule has 4 nitrogen and oxygen atoms in total. The zero-order chi connectivity index (χ0) is 17.2. The average Bonchev–Trinajstić information content (AvgIpc) is 2.98. The van der Waals surface area contributed by atoms with E-state index in [2.05, 4.69) is 29.7 Å². The van der Waals surface area contributed by atoms with Gasteiger partial charge in [0.05, 0.1) is 19.6 Å². The van der Waals surface area contributed by atoms with Crippen molar-refractivity contribution in [3.05, 3.63) is 59.4 Å². The van der Waals surface area contributed by atoms with Crippen LogP contribution < -0.4 is 9.47 Å². The molecule has 1 aromatic carbocycles. The Kier molecular flexibility index (Phi) is 3.11. The van der Waals surface area contributed by atoms with E-state index in [9.17, 15) is 0 Å². The van der Waals surface area contributed by atoms with Crippen molar-refractivity contribution in [2.24, 2.45) is 0 Å². The van der Waals surface area contributed by atoms with Crippen LogP contribution in [0.15, 0.2) is 48.3 Å². The van der Waals surface area contributed by atoms with Gasteiger partial charge in [-0.3, -0.25) is 4.90 Å². The van der Waals surface area contributed by atoms with Crippen LogP contribution in [0, 0.1) is 0 Å². The molecular weight excluding hydrogens is 314 g/mol. The van der Waals surface area contributed by atoms with Gasteiger partial charge in [-0.1, -0.05) is 18.2 Å². The quantitative estimate of drug-likeness (QED) is 0.791. The zero-order valence-electron chi connectivity index (χ0n) is 14.7. The monoisotopic (exact) mass is 337 g/mol. The number of benzene rings is 1. The molecule has 2 heterocycles. The van der Waals surface area contributed by atoms with Crippen LogP contribution in [0.25, 0.3) is 0 Å². The molecule has 2 bridgehead atoms. The number of rotatable bonds is 4. The molecule has 25 heavy (non-hydrogen) atoms. The lowest BCUT2D eigenvalue weighted by Gasteiger charge is -2.53. The van der Waals surface area contributed by atoms with Crippen molar-refractivity contribution in [2.45, 2.75) is 30.4 Å². The molecule has 2 aliphatic carbocycles. The lowest BCUT2D eigenvalue weighted by atomic mass is 9.57. The molecule has 1 spiro atoms. The van der Waals surface area contributed by atoms with Gasteiger partial charge in [0, 0.05) is 24.7 Å². The largest absolute Gasteiger partial charge is 0.497 e. The van der Waals surface area contributed by atoms with E-state index in [0.29, 0.717) is 6.04 Å². The van der Waals surface area contributed by atoms with E-state index in [-0.39, 0.29) is 11.5 Å². The number of allylic oxidation sites excluding steroid dienone is 2. The predicted octanol–water partition coefficient (Wildman–Crippen LogP) is 2.98. The molecule has 0 aromatic heterocycles. The highest BCUT2D eigenvalue weighted by molar-refractivity contribution is 5.67. The minimum absolute atomic E-state index is 0.0868. The van der Waals surface area contributed by atoms with Crippen LogP contribution in [0.1, 0.15) is 17.5 Å². The SMILES string of the molecule is C=CCN1CCC23C4=CC=C(OC)[C@H]2Oc2c(OC)ccc(c23)C[C@@H]41. The molecule has 1 saturated heterocycles. The van der Waals surface area contributed by atoms with Crippen molar-refractivity contribution in [1.82, 2.24) is 4.90 Å². The summed E-state index contributed by atoms with van der Waals surface area (Å²) in [5.74, 6) is 2.64. The number of hydrogen-bond acceptors (Lipinski definition) is 4. The lowest BCUT2D eigenvalue weighted by molar-refractivity contribution is 0.0686. The molecular formula is C21H23NO3. The van der Waals surface area contributed by atoms with Crippen LogP contribution in [0.2, 0.25) is 0 Å². The fourth-order valence-electron chi connectivity index (χ4n) is 5.38. The maximum atomic E-state index is 6.50. The zero-order valence-corrected chi connectivity index (χ0v) is 14.7. The van der Waals surface area contributed by atoms with Gasteiger partial charge in [0.15, 0.2) is 17.6 Å². The van der Waals surface area contributed by atoms with Gasteiger partial charge < -0.3 is 14.2 Å². The number of nitrogens with zero attached hydrogens (tertiary/aromatic N) is 1. The number of methoxy groups -OCH3 is 2. The first-order chi connectivity index (χ1) is 12.2.